The fourth-order valence-corrected chi connectivity index (χ4v) is 7.48. The van der Waals surface area contributed by atoms with E-state index in [1.165, 1.54) is 0 Å². The Kier molecular flexibility index (Phi) is 4.34. The Morgan fingerprint density at radius 2 is 1.40 bits per heavy atom. The van der Waals surface area contributed by atoms with E-state index in [0.717, 1.165) is 30.8 Å². The van der Waals surface area contributed by atoms with Gasteiger partial charge in [-0.2, -0.15) is 0 Å². The molecule has 25 heavy (non-hydrogen) atoms. The molecule has 4 rings (SSSR count). The highest BCUT2D eigenvalue weighted by atomic mass is 127. The van der Waals surface area contributed by atoms with E-state index >= 15 is 0 Å². The number of halogens is 1. The summed E-state index contributed by atoms with van der Waals surface area (Å²) in [5.41, 5.74) is 0.940. The van der Waals surface area contributed by atoms with Crippen molar-refractivity contribution in [2.24, 2.45) is 0 Å². The molecule has 0 atom stereocenters. The molecule has 0 bridgehead atoms. The smallest absolute Gasteiger partial charge is 0.231 e. The molecule has 0 fully saturated rings. The van der Waals surface area contributed by atoms with E-state index in [-0.39, 0.29) is 6.79 Å². The lowest BCUT2D eigenvalue weighted by atomic mass is 10.2. The third-order valence-electron chi connectivity index (χ3n) is 4.33. The second kappa shape index (κ2) is 6.50. The largest absolute Gasteiger partial charge is 0.453 e. The molecule has 0 N–H and O–H groups in total. The van der Waals surface area contributed by atoms with E-state index in [0.29, 0.717) is 5.75 Å². The number of hydrogen-bond donors (Lipinski definition) is 0. The van der Waals surface area contributed by atoms with Crippen LogP contribution >= 0.6 is 29.7 Å². The summed E-state index contributed by atoms with van der Waals surface area (Å²) in [6, 6.07) is 21.3. The van der Waals surface area contributed by atoms with Crippen molar-refractivity contribution in [1.29, 1.82) is 0 Å². The highest BCUT2D eigenvalue weighted by molar-refractivity contribution is 14.1. The molecule has 1 aliphatic heterocycles. The van der Waals surface area contributed by atoms with Crippen LogP contribution in [-0.2, 0) is 4.57 Å². The molecule has 0 saturated heterocycles. The molecule has 126 valence electrons. The number of aryl methyl sites for hydroxylation is 1. The molecule has 0 saturated carbocycles. The van der Waals surface area contributed by atoms with E-state index < -0.39 is 7.14 Å². The lowest BCUT2D eigenvalue weighted by Crippen LogP contribution is -2.27. The van der Waals surface area contributed by atoms with E-state index in [2.05, 4.69) is 22.6 Å². The minimum atomic E-state index is -3.02. The first kappa shape index (κ1) is 16.7. The van der Waals surface area contributed by atoms with Crippen molar-refractivity contribution in [2.45, 2.75) is 6.92 Å². The molecule has 1 heterocycles. The molecule has 0 radical (unpaired) electrons. The number of rotatable bonds is 3. The Labute approximate surface area is 160 Å². The Balaban J connectivity index is 2.04. The highest BCUT2D eigenvalue weighted by Gasteiger charge is 2.35. The van der Waals surface area contributed by atoms with Gasteiger partial charge in [-0.3, -0.25) is 0 Å². The third-order valence-corrected chi connectivity index (χ3v) is 8.91. The monoisotopic (exact) mass is 462 g/mol. The van der Waals surface area contributed by atoms with Gasteiger partial charge in [-0.1, -0.05) is 60.7 Å². The van der Waals surface area contributed by atoms with Crippen molar-refractivity contribution in [3.05, 3.63) is 75.9 Å². The SMILES string of the molecule is Cc1cc(P(=O)(c2ccccc2)c2ccccc2)c(I)c2c1OCO2. The number of hydrogen-bond acceptors (Lipinski definition) is 3. The summed E-state index contributed by atoms with van der Waals surface area (Å²) in [7, 11) is -3.02. The van der Waals surface area contributed by atoms with E-state index in [9.17, 15) is 4.57 Å². The summed E-state index contributed by atoms with van der Waals surface area (Å²) in [4.78, 5) is 0. The quantitative estimate of drug-likeness (QED) is 0.437. The highest BCUT2D eigenvalue weighted by Crippen LogP contribution is 2.48. The summed E-state index contributed by atoms with van der Waals surface area (Å²) in [6.45, 7) is 2.17. The minimum absolute atomic E-state index is 0.205. The number of fused-ring (bicyclic) bond motifs is 1. The fraction of sp³-hybridized carbons (Fsp3) is 0.100. The standard InChI is InChI=1S/C20H16IO3P/c1-14-12-17(18(21)20-19(14)23-13-24-20)25(22,15-8-4-2-5-9-15)16-10-6-3-7-11-16/h2-12H,13H2,1H3. The van der Waals surface area contributed by atoms with E-state index in [1.54, 1.807) is 0 Å². The van der Waals surface area contributed by atoms with Gasteiger partial charge in [-0.25, -0.2) is 0 Å². The predicted molar refractivity (Wildman–Crippen MR) is 109 cm³/mol. The van der Waals surface area contributed by atoms with Crippen LogP contribution in [0.2, 0.25) is 0 Å². The van der Waals surface area contributed by atoms with Gasteiger partial charge >= 0.3 is 0 Å². The topological polar surface area (TPSA) is 35.5 Å². The molecular weight excluding hydrogens is 446 g/mol. The first-order valence-corrected chi connectivity index (χ1v) is 10.7. The summed E-state index contributed by atoms with van der Waals surface area (Å²) in [5.74, 6) is 1.45. The van der Waals surface area contributed by atoms with Crippen LogP contribution < -0.4 is 25.4 Å². The second-order valence-electron chi connectivity index (χ2n) is 5.87. The molecule has 0 amide bonds. The molecule has 0 unspecified atom stereocenters. The third kappa shape index (κ3) is 2.68. The van der Waals surface area contributed by atoms with Crippen molar-refractivity contribution in [3.63, 3.8) is 0 Å². The maximum atomic E-state index is 14.5. The molecule has 5 heteroatoms. The van der Waals surface area contributed by atoms with Crippen LogP contribution in [0.25, 0.3) is 0 Å². The second-order valence-corrected chi connectivity index (χ2v) is 9.68. The predicted octanol–water partition coefficient (Wildman–Crippen LogP) is 3.97. The van der Waals surface area contributed by atoms with Gasteiger partial charge in [0.05, 0.1) is 3.57 Å². The molecular formula is C20H16IO3P. The molecule has 3 nitrogen and oxygen atoms in total. The van der Waals surface area contributed by atoms with Crippen molar-refractivity contribution in [1.82, 2.24) is 0 Å². The van der Waals surface area contributed by atoms with Gasteiger partial charge in [0.15, 0.2) is 18.6 Å². The summed E-state index contributed by atoms with van der Waals surface area (Å²) < 4.78 is 26.6. The van der Waals surface area contributed by atoms with Crippen LogP contribution in [0.5, 0.6) is 11.5 Å². The van der Waals surface area contributed by atoms with Gasteiger partial charge in [0.2, 0.25) is 6.79 Å². The van der Waals surface area contributed by atoms with Crippen molar-refractivity contribution in [3.8, 4) is 11.5 Å². The fourth-order valence-electron chi connectivity index (χ4n) is 3.12. The van der Waals surface area contributed by atoms with Gasteiger partial charge in [-0.15, -0.1) is 0 Å². The maximum Gasteiger partial charge on any atom is 0.231 e. The summed E-state index contributed by atoms with van der Waals surface area (Å²) in [6.07, 6.45) is 0. The number of benzene rings is 3. The van der Waals surface area contributed by atoms with E-state index in [4.69, 9.17) is 9.47 Å². The number of ether oxygens (including phenoxy) is 2. The summed E-state index contributed by atoms with van der Waals surface area (Å²) in [5, 5.41) is 2.43. The van der Waals surface area contributed by atoms with E-state index in [1.807, 2.05) is 73.7 Å². The van der Waals surface area contributed by atoms with Crippen molar-refractivity contribution in [2.75, 3.05) is 6.79 Å². The van der Waals surface area contributed by atoms with Crippen LogP contribution in [0.15, 0.2) is 66.7 Å². The van der Waals surface area contributed by atoms with Crippen molar-refractivity contribution < 1.29 is 14.0 Å². The Bertz CT molecular complexity index is 928. The lowest BCUT2D eigenvalue weighted by Gasteiger charge is -2.22. The van der Waals surface area contributed by atoms with Crippen molar-refractivity contribution >= 4 is 45.6 Å². The van der Waals surface area contributed by atoms with Gasteiger partial charge in [0, 0.05) is 15.9 Å². The van der Waals surface area contributed by atoms with Gasteiger partial charge < -0.3 is 14.0 Å². The van der Waals surface area contributed by atoms with Crippen LogP contribution in [0.1, 0.15) is 5.56 Å². The zero-order valence-electron chi connectivity index (χ0n) is 13.6. The van der Waals surface area contributed by atoms with Crippen LogP contribution in [-0.4, -0.2) is 6.79 Å². The Morgan fingerprint density at radius 3 is 1.96 bits per heavy atom. The maximum absolute atomic E-state index is 14.5. The van der Waals surface area contributed by atoms with Crippen LogP contribution in [0.3, 0.4) is 0 Å². The molecule has 3 aromatic rings. The average Bonchev–Trinajstić information content (AvgIpc) is 3.16. The molecule has 3 aromatic carbocycles. The van der Waals surface area contributed by atoms with Gasteiger partial charge in [0.1, 0.15) is 0 Å². The zero-order valence-corrected chi connectivity index (χ0v) is 16.7. The Hall–Kier alpha value is -1.78. The Morgan fingerprint density at radius 1 is 0.880 bits per heavy atom. The van der Waals surface area contributed by atoms with Crippen LogP contribution in [0, 0.1) is 10.5 Å². The normalized spacial score (nSPS) is 13.0. The summed E-state index contributed by atoms with van der Waals surface area (Å²) >= 11 is 2.22. The molecule has 0 aromatic heterocycles. The minimum Gasteiger partial charge on any atom is -0.453 e. The zero-order chi connectivity index (χ0) is 17.4. The van der Waals surface area contributed by atoms with Crippen LogP contribution in [0.4, 0.5) is 0 Å². The molecule has 0 spiro atoms. The molecule has 0 aliphatic carbocycles. The lowest BCUT2D eigenvalue weighted by molar-refractivity contribution is 0.173. The average molecular weight is 462 g/mol. The van der Waals surface area contributed by atoms with Gasteiger partial charge in [-0.05, 0) is 41.1 Å². The first-order valence-electron chi connectivity index (χ1n) is 7.93. The first-order chi connectivity index (χ1) is 12.1. The molecule has 1 aliphatic rings. The van der Waals surface area contributed by atoms with Gasteiger partial charge in [0.25, 0.3) is 0 Å².